The average molecular weight is 242 g/mol. The van der Waals surface area contributed by atoms with Crippen molar-refractivity contribution in [3.63, 3.8) is 0 Å². The van der Waals surface area contributed by atoms with E-state index in [1.807, 2.05) is 24.3 Å². The predicted molar refractivity (Wildman–Crippen MR) is 69.8 cm³/mol. The van der Waals surface area contributed by atoms with Gasteiger partial charge < -0.3 is 10.4 Å². The van der Waals surface area contributed by atoms with E-state index in [4.69, 9.17) is 0 Å². The number of carbonyl (C=O) groups is 1. The van der Waals surface area contributed by atoms with Crippen LogP contribution in [0.5, 0.6) is 0 Å². The number of aromatic amines is 1. The van der Waals surface area contributed by atoms with Crippen LogP contribution in [0.1, 0.15) is 19.3 Å². The summed E-state index contributed by atoms with van der Waals surface area (Å²) in [6, 6.07) is 7.82. The van der Waals surface area contributed by atoms with Crippen LogP contribution in [-0.2, 0) is 4.79 Å². The summed E-state index contributed by atoms with van der Waals surface area (Å²) < 4.78 is 0. The molecule has 18 heavy (non-hydrogen) atoms. The number of carbonyl (C=O) groups excluding carboxylic acids is 1. The molecule has 0 radical (unpaired) electrons. The topological polar surface area (TPSA) is 69.8 Å². The van der Waals surface area contributed by atoms with E-state index in [1.165, 1.54) is 0 Å². The van der Waals surface area contributed by atoms with Gasteiger partial charge in [0, 0.05) is 18.2 Å². The third-order valence-electron chi connectivity index (χ3n) is 2.94. The van der Waals surface area contributed by atoms with E-state index in [-0.39, 0.29) is 5.78 Å². The minimum Gasteiger partial charge on any atom is -0.323 e. The van der Waals surface area contributed by atoms with Gasteiger partial charge in [0.15, 0.2) is 5.78 Å². The Labute approximate surface area is 104 Å². The second-order valence-corrected chi connectivity index (χ2v) is 4.34. The second-order valence-electron chi connectivity index (χ2n) is 4.34. The van der Waals surface area contributed by atoms with Crippen LogP contribution in [0.2, 0.25) is 0 Å². The van der Waals surface area contributed by atoms with Crippen molar-refractivity contribution >= 4 is 22.8 Å². The van der Waals surface area contributed by atoms with Crippen molar-refractivity contribution in [1.29, 1.82) is 0 Å². The van der Waals surface area contributed by atoms with Gasteiger partial charge >= 0.3 is 0 Å². The molecule has 0 fully saturated rings. The highest BCUT2D eigenvalue weighted by Gasteiger charge is 2.09. The number of fused-ring (bicyclic) bond motifs is 1. The maximum absolute atomic E-state index is 11.3. The quantitative estimate of drug-likeness (QED) is 0.721. The Morgan fingerprint density at radius 3 is 2.89 bits per heavy atom. The molecular weight excluding hydrogens is 228 g/mol. The Morgan fingerprint density at radius 1 is 1.17 bits per heavy atom. The highest BCUT2D eigenvalue weighted by molar-refractivity contribution is 5.91. The number of anilines is 1. The molecule has 0 bridgehead atoms. The first-order chi connectivity index (χ1) is 8.81. The van der Waals surface area contributed by atoms with Crippen LogP contribution in [0.3, 0.4) is 0 Å². The molecule has 92 valence electrons. The largest absolute Gasteiger partial charge is 0.323 e. The minimum absolute atomic E-state index is 0.176. The number of rotatable bonds is 3. The number of imidazole rings is 1. The van der Waals surface area contributed by atoms with Crippen LogP contribution < -0.4 is 10.9 Å². The van der Waals surface area contributed by atoms with Crippen molar-refractivity contribution in [2.75, 3.05) is 5.43 Å². The van der Waals surface area contributed by atoms with Gasteiger partial charge in [-0.25, -0.2) is 4.98 Å². The molecule has 5 heteroatoms. The first-order valence-electron chi connectivity index (χ1n) is 6.01. The highest BCUT2D eigenvalue weighted by atomic mass is 16.1. The lowest BCUT2D eigenvalue weighted by Crippen LogP contribution is -2.24. The first kappa shape index (κ1) is 10.8. The Balaban J connectivity index is 1.71. The Morgan fingerprint density at radius 2 is 2.06 bits per heavy atom. The molecule has 1 aromatic heterocycles. The van der Waals surface area contributed by atoms with Gasteiger partial charge in [0.2, 0.25) is 5.95 Å². The molecule has 0 aliphatic heterocycles. The van der Waals surface area contributed by atoms with Gasteiger partial charge in [0.05, 0.1) is 11.0 Å². The van der Waals surface area contributed by atoms with Crippen LogP contribution in [0, 0.1) is 0 Å². The molecule has 1 aliphatic carbocycles. The summed E-state index contributed by atoms with van der Waals surface area (Å²) >= 11 is 0. The van der Waals surface area contributed by atoms with Crippen LogP contribution >= 0.6 is 0 Å². The molecule has 0 unspecified atom stereocenters. The number of nitrogens with zero attached hydrogens (tertiary/aromatic N) is 1. The number of aromatic nitrogens is 2. The summed E-state index contributed by atoms with van der Waals surface area (Å²) in [5, 5.41) is 0. The average Bonchev–Trinajstić information content (AvgIpc) is 2.79. The fraction of sp³-hybridized carbons (Fsp3) is 0.231. The molecule has 0 amide bonds. The van der Waals surface area contributed by atoms with Gasteiger partial charge in [-0.15, -0.1) is 0 Å². The number of hydrogen-bond acceptors (Lipinski definition) is 4. The van der Waals surface area contributed by atoms with Crippen LogP contribution in [0.25, 0.3) is 11.0 Å². The van der Waals surface area contributed by atoms with Crippen molar-refractivity contribution in [2.45, 2.75) is 19.3 Å². The Bertz CT molecular complexity index is 581. The number of hydrogen-bond donors (Lipinski definition) is 3. The third kappa shape index (κ3) is 2.20. The van der Waals surface area contributed by atoms with Crippen molar-refractivity contribution in [2.24, 2.45) is 0 Å². The van der Waals surface area contributed by atoms with E-state index in [0.29, 0.717) is 12.4 Å². The van der Waals surface area contributed by atoms with E-state index < -0.39 is 0 Å². The standard InChI is InChI=1S/C13H14N4O/c18-10-5-3-4-9(8-10)16-17-13-14-11-6-1-2-7-12(11)15-13/h1-2,6-8,16H,3-5H2,(H2,14,15,17). The molecule has 3 rings (SSSR count). The Kier molecular flexibility index (Phi) is 2.72. The number of allylic oxidation sites excluding steroid dienone is 2. The monoisotopic (exact) mass is 242 g/mol. The summed E-state index contributed by atoms with van der Waals surface area (Å²) in [4.78, 5) is 18.8. The molecule has 0 saturated carbocycles. The number of H-pyrrole nitrogens is 1. The van der Waals surface area contributed by atoms with Crippen molar-refractivity contribution in [3.8, 4) is 0 Å². The number of ketones is 1. The number of hydrazine groups is 1. The lowest BCUT2D eigenvalue weighted by molar-refractivity contribution is -0.115. The van der Waals surface area contributed by atoms with Crippen LogP contribution in [-0.4, -0.2) is 15.8 Å². The third-order valence-corrected chi connectivity index (χ3v) is 2.94. The fourth-order valence-electron chi connectivity index (χ4n) is 2.04. The van der Waals surface area contributed by atoms with E-state index in [1.54, 1.807) is 6.08 Å². The van der Waals surface area contributed by atoms with Gasteiger partial charge in [-0.2, -0.15) is 0 Å². The predicted octanol–water partition coefficient (Wildman–Crippen LogP) is 2.12. The molecule has 0 spiro atoms. The van der Waals surface area contributed by atoms with Gasteiger partial charge in [-0.05, 0) is 25.0 Å². The van der Waals surface area contributed by atoms with Gasteiger partial charge in [0.25, 0.3) is 0 Å². The first-order valence-corrected chi connectivity index (χ1v) is 6.01. The summed E-state index contributed by atoms with van der Waals surface area (Å²) in [5.41, 5.74) is 8.82. The maximum Gasteiger partial charge on any atom is 0.220 e. The van der Waals surface area contributed by atoms with Crippen molar-refractivity contribution in [1.82, 2.24) is 15.4 Å². The van der Waals surface area contributed by atoms with Gasteiger partial charge in [-0.3, -0.25) is 10.2 Å². The van der Waals surface area contributed by atoms with E-state index in [2.05, 4.69) is 20.8 Å². The molecule has 1 aliphatic rings. The van der Waals surface area contributed by atoms with E-state index >= 15 is 0 Å². The number of nitrogens with one attached hydrogen (secondary N) is 3. The Hall–Kier alpha value is -2.30. The molecule has 1 heterocycles. The van der Waals surface area contributed by atoms with Crippen molar-refractivity contribution < 1.29 is 4.79 Å². The lowest BCUT2D eigenvalue weighted by Gasteiger charge is -2.14. The molecule has 0 atom stereocenters. The summed E-state index contributed by atoms with van der Waals surface area (Å²) in [6.07, 6.45) is 4.09. The lowest BCUT2D eigenvalue weighted by atomic mass is 10.0. The SMILES string of the molecule is O=C1C=C(NNc2nc3ccccc3[nH]2)CCC1. The molecule has 0 saturated heterocycles. The second kappa shape index (κ2) is 4.52. The molecule has 5 nitrogen and oxygen atoms in total. The minimum atomic E-state index is 0.176. The normalized spacial score (nSPS) is 15.6. The van der Waals surface area contributed by atoms with Gasteiger partial charge in [-0.1, -0.05) is 12.1 Å². The van der Waals surface area contributed by atoms with Crippen molar-refractivity contribution in [3.05, 3.63) is 36.0 Å². The fourth-order valence-corrected chi connectivity index (χ4v) is 2.04. The smallest absolute Gasteiger partial charge is 0.220 e. The van der Waals surface area contributed by atoms with Crippen LogP contribution in [0.4, 0.5) is 5.95 Å². The maximum atomic E-state index is 11.3. The van der Waals surface area contributed by atoms with Gasteiger partial charge in [0.1, 0.15) is 0 Å². The summed E-state index contributed by atoms with van der Waals surface area (Å²) in [7, 11) is 0. The molecule has 1 aromatic carbocycles. The van der Waals surface area contributed by atoms with E-state index in [9.17, 15) is 4.79 Å². The number of benzene rings is 1. The highest BCUT2D eigenvalue weighted by Crippen LogP contribution is 2.15. The zero-order valence-corrected chi connectivity index (χ0v) is 9.86. The summed E-state index contributed by atoms with van der Waals surface area (Å²) in [5.74, 6) is 0.824. The molecule has 2 aromatic rings. The zero-order chi connectivity index (χ0) is 12.4. The molecule has 3 N–H and O–H groups in total. The number of para-hydroxylation sites is 2. The summed E-state index contributed by atoms with van der Waals surface area (Å²) in [6.45, 7) is 0. The molecular formula is C13H14N4O. The van der Waals surface area contributed by atoms with Crippen LogP contribution in [0.15, 0.2) is 36.0 Å². The zero-order valence-electron chi connectivity index (χ0n) is 9.86. The van der Waals surface area contributed by atoms with E-state index in [0.717, 1.165) is 29.6 Å².